The summed E-state index contributed by atoms with van der Waals surface area (Å²) in [6, 6.07) is 58.9. The number of anilines is 3. The maximum atomic E-state index is 6.90. The van der Waals surface area contributed by atoms with Crippen molar-refractivity contribution in [3.8, 4) is 11.1 Å². The van der Waals surface area contributed by atoms with Crippen molar-refractivity contribution in [1.29, 1.82) is 0 Å². The van der Waals surface area contributed by atoms with E-state index in [0.717, 1.165) is 44.4 Å². The minimum Gasteiger partial charge on any atom is -0.453 e. The van der Waals surface area contributed by atoms with E-state index in [0.29, 0.717) is 0 Å². The van der Waals surface area contributed by atoms with Crippen molar-refractivity contribution >= 4 is 92.1 Å². The van der Waals surface area contributed by atoms with Crippen LogP contribution >= 0.6 is 11.3 Å². The van der Waals surface area contributed by atoms with Gasteiger partial charge in [-0.3, -0.25) is 0 Å². The van der Waals surface area contributed by atoms with Crippen LogP contribution in [0.15, 0.2) is 168 Å². The van der Waals surface area contributed by atoms with E-state index in [2.05, 4.69) is 169 Å². The molecule has 10 rings (SSSR count). The fourth-order valence-corrected chi connectivity index (χ4v) is 8.35. The Morgan fingerprint density at radius 2 is 1.06 bits per heavy atom. The maximum absolute atomic E-state index is 6.90. The topological polar surface area (TPSA) is 16.4 Å². The van der Waals surface area contributed by atoms with Gasteiger partial charge in [0.1, 0.15) is 5.58 Å². The molecule has 2 aromatic heterocycles. The van der Waals surface area contributed by atoms with Gasteiger partial charge in [-0.1, -0.05) is 115 Å². The molecule has 0 aliphatic rings. The van der Waals surface area contributed by atoms with Gasteiger partial charge in [-0.2, -0.15) is 0 Å². The van der Waals surface area contributed by atoms with Gasteiger partial charge < -0.3 is 9.32 Å². The molecular formula is C44H27NOS. The Kier molecular flexibility index (Phi) is 5.78. The second-order valence-electron chi connectivity index (χ2n) is 12.1. The van der Waals surface area contributed by atoms with Crippen LogP contribution in [0.1, 0.15) is 0 Å². The highest BCUT2D eigenvalue weighted by atomic mass is 32.1. The summed E-state index contributed by atoms with van der Waals surface area (Å²) in [4.78, 5) is 2.37. The van der Waals surface area contributed by atoms with Crippen LogP contribution in [0.4, 0.5) is 17.1 Å². The molecule has 0 aliphatic heterocycles. The van der Waals surface area contributed by atoms with E-state index in [-0.39, 0.29) is 0 Å². The number of nitrogens with zero attached hydrogens (tertiary/aromatic N) is 1. The summed E-state index contributed by atoms with van der Waals surface area (Å²) in [5, 5.41) is 9.68. The summed E-state index contributed by atoms with van der Waals surface area (Å²) in [5.41, 5.74) is 7.34. The molecule has 8 aromatic carbocycles. The van der Waals surface area contributed by atoms with Crippen LogP contribution in [0.3, 0.4) is 0 Å². The number of hydrogen-bond donors (Lipinski definition) is 0. The first-order valence-electron chi connectivity index (χ1n) is 15.9. The van der Waals surface area contributed by atoms with Gasteiger partial charge in [0.15, 0.2) is 5.58 Å². The summed E-state index contributed by atoms with van der Waals surface area (Å²) in [6.45, 7) is 0. The Hall–Kier alpha value is -5.90. The smallest absolute Gasteiger partial charge is 0.159 e. The first kappa shape index (κ1) is 26.3. The number of para-hydroxylation sites is 1. The van der Waals surface area contributed by atoms with Gasteiger partial charge in [-0.15, -0.1) is 11.3 Å². The molecule has 3 heteroatoms. The van der Waals surface area contributed by atoms with Gasteiger partial charge >= 0.3 is 0 Å². The molecule has 10 aromatic rings. The molecule has 0 amide bonds. The number of hydrogen-bond acceptors (Lipinski definition) is 3. The highest BCUT2D eigenvalue weighted by Gasteiger charge is 2.21. The molecule has 0 saturated heterocycles. The first-order valence-corrected chi connectivity index (χ1v) is 16.7. The van der Waals surface area contributed by atoms with Crippen molar-refractivity contribution in [3.63, 3.8) is 0 Å². The van der Waals surface area contributed by atoms with Gasteiger partial charge in [0.2, 0.25) is 0 Å². The highest BCUT2D eigenvalue weighted by Crippen LogP contribution is 2.46. The van der Waals surface area contributed by atoms with Crippen LogP contribution in [0.2, 0.25) is 0 Å². The van der Waals surface area contributed by atoms with Crippen LogP contribution < -0.4 is 4.90 Å². The SMILES string of the molecule is c1ccc(-c2cccc(N(c3ccc4sc5ccc6ccccc6c5c4c3)c3cccc4c3oc3c5ccccc5ccc43)c2)cc1. The molecule has 0 radical (unpaired) electrons. The fraction of sp³-hybridized carbons (Fsp3) is 0. The molecule has 2 nitrogen and oxygen atoms in total. The van der Waals surface area contributed by atoms with Crippen molar-refractivity contribution in [3.05, 3.63) is 164 Å². The van der Waals surface area contributed by atoms with E-state index in [9.17, 15) is 0 Å². The molecule has 220 valence electrons. The standard InChI is InChI=1S/C44H27NOS/c1-2-10-28(11-3-1)31-14-8-15-32(26-31)45(33-22-25-40-38(27-33)42-34-16-6-4-12-29(34)21-24-41(42)47-40)39-19-9-18-36-37-23-20-30-13-5-7-17-35(30)43(37)46-44(36)39/h1-27H. The lowest BCUT2D eigenvalue weighted by Gasteiger charge is -2.26. The Bertz CT molecular complexity index is 2810. The second-order valence-corrected chi connectivity index (χ2v) is 13.2. The molecular weight excluding hydrogens is 591 g/mol. The van der Waals surface area contributed by atoms with Crippen molar-refractivity contribution < 1.29 is 4.42 Å². The van der Waals surface area contributed by atoms with E-state index in [1.54, 1.807) is 0 Å². The van der Waals surface area contributed by atoms with Crippen LogP contribution in [-0.2, 0) is 0 Å². The molecule has 0 N–H and O–H groups in total. The van der Waals surface area contributed by atoms with Gasteiger partial charge in [0.25, 0.3) is 0 Å². The summed E-state index contributed by atoms with van der Waals surface area (Å²) >= 11 is 1.86. The monoisotopic (exact) mass is 617 g/mol. The molecule has 0 unspecified atom stereocenters. The number of furan rings is 1. The summed E-state index contributed by atoms with van der Waals surface area (Å²) in [7, 11) is 0. The van der Waals surface area contributed by atoms with E-state index in [4.69, 9.17) is 4.42 Å². The molecule has 0 fully saturated rings. The Labute approximate surface area is 275 Å². The van der Waals surface area contributed by atoms with Crippen LogP contribution in [0.25, 0.3) is 74.8 Å². The largest absolute Gasteiger partial charge is 0.453 e. The Morgan fingerprint density at radius 3 is 1.96 bits per heavy atom. The Balaban J connectivity index is 1.27. The van der Waals surface area contributed by atoms with Gasteiger partial charge in [0, 0.05) is 47.7 Å². The predicted octanol–water partition coefficient (Wildman–Crippen LogP) is 13.4. The van der Waals surface area contributed by atoms with E-state index in [1.165, 1.54) is 47.5 Å². The predicted molar refractivity (Wildman–Crippen MR) is 202 cm³/mol. The lowest BCUT2D eigenvalue weighted by molar-refractivity contribution is 0.673. The summed E-state index contributed by atoms with van der Waals surface area (Å²) < 4.78 is 9.49. The van der Waals surface area contributed by atoms with Crippen LogP contribution in [-0.4, -0.2) is 0 Å². The molecule has 0 spiro atoms. The van der Waals surface area contributed by atoms with Crippen molar-refractivity contribution in [1.82, 2.24) is 0 Å². The van der Waals surface area contributed by atoms with E-state index < -0.39 is 0 Å². The van der Waals surface area contributed by atoms with Crippen LogP contribution in [0.5, 0.6) is 0 Å². The maximum Gasteiger partial charge on any atom is 0.159 e. The molecule has 0 bridgehead atoms. The molecule has 0 atom stereocenters. The van der Waals surface area contributed by atoms with Crippen LogP contribution in [0, 0.1) is 0 Å². The first-order chi connectivity index (χ1) is 23.3. The third kappa shape index (κ3) is 4.10. The number of fused-ring (bicyclic) bond motifs is 10. The van der Waals surface area contributed by atoms with Crippen molar-refractivity contribution in [2.24, 2.45) is 0 Å². The minimum absolute atomic E-state index is 0.879. The zero-order valence-corrected chi connectivity index (χ0v) is 26.2. The molecule has 47 heavy (non-hydrogen) atoms. The lowest BCUT2D eigenvalue weighted by Crippen LogP contribution is -2.10. The average molecular weight is 618 g/mol. The number of thiophene rings is 1. The quantitative estimate of drug-likeness (QED) is 0.195. The molecule has 0 saturated carbocycles. The van der Waals surface area contributed by atoms with Crippen molar-refractivity contribution in [2.75, 3.05) is 4.90 Å². The van der Waals surface area contributed by atoms with E-state index >= 15 is 0 Å². The minimum atomic E-state index is 0.879. The zero-order valence-electron chi connectivity index (χ0n) is 25.4. The van der Waals surface area contributed by atoms with Gasteiger partial charge in [-0.25, -0.2) is 0 Å². The lowest BCUT2D eigenvalue weighted by atomic mass is 10.0. The number of rotatable bonds is 4. The zero-order chi connectivity index (χ0) is 30.9. The number of benzene rings is 8. The Morgan fingerprint density at radius 1 is 0.404 bits per heavy atom. The third-order valence-corrected chi connectivity index (χ3v) is 10.6. The molecule has 2 heterocycles. The summed E-state index contributed by atoms with van der Waals surface area (Å²) in [5.74, 6) is 0. The third-order valence-electron chi connectivity index (χ3n) is 9.42. The van der Waals surface area contributed by atoms with E-state index in [1.807, 2.05) is 11.3 Å². The normalized spacial score (nSPS) is 11.8. The summed E-state index contributed by atoms with van der Waals surface area (Å²) in [6.07, 6.45) is 0. The fourth-order valence-electron chi connectivity index (χ4n) is 7.24. The second kappa shape index (κ2) is 10.3. The van der Waals surface area contributed by atoms with Gasteiger partial charge in [-0.05, 0) is 75.8 Å². The highest BCUT2D eigenvalue weighted by molar-refractivity contribution is 7.26. The van der Waals surface area contributed by atoms with Gasteiger partial charge in [0.05, 0.1) is 5.69 Å². The van der Waals surface area contributed by atoms with Crippen molar-refractivity contribution in [2.45, 2.75) is 0 Å². The molecule has 0 aliphatic carbocycles. The average Bonchev–Trinajstić information content (AvgIpc) is 3.72.